The zero-order chi connectivity index (χ0) is 15.6. The number of phenolic OH excluding ortho intramolecular Hbond substituents is 2. The van der Waals surface area contributed by atoms with Crippen molar-refractivity contribution in [2.75, 3.05) is 5.32 Å². The van der Waals surface area contributed by atoms with Gasteiger partial charge >= 0.3 is 0 Å². The van der Waals surface area contributed by atoms with Crippen LogP contribution >= 0.6 is 0 Å². The van der Waals surface area contributed by atoms with Crippen LogP contribution in [0.15, 0.2) is 47.4 Å². The molecule has 0 aliphatic carbocycles. The van der Waals surface area contributed by atoms with Gasteiger partial charge in [-0.1, -0.05) is 6.07 Å². The average molecular weight is 308 g/mol. The number of anilines is 1. The van der Waals surface area contributed by atoms with Crippen LogP contribution in [0, 0.1) is 0 Å². The number of benzene rings is 2. The Morgan fingerprint density at radius 2 is 1.52 bits per heavy atom. The number of hydrogen-bond acceptors (Lipinski definition) is 5. The van der Waals surface area contributed by atoms with Crippen LogP contribution in [-0.2, 0) is 10.0 Å². The van der Waals surface area contributed by atoms with E-state index in [4.69, 9.17) is 5.14 Å². The first-order chi connectivity index (χ1) is 9.79. The third-order valence-corrected chi connectivity index (χ3v) is 3.62. The molecule has 0 radical (unpaired) electrons. The van der Waals surface area contributed by atoms with Crippen LogP contribution in [0.25, 0.3) is 0 Å². The Labute approximate surface area is 120 Å². The predicted octanol–water partition coefficient (Wildman–Crippen LogP) is 0.998. The van der Waals surface area contributed by atoms with Crippen molar-refractivity contribution < 1.29 is 23.4 Å². The molecule has 0 aliphatic rings. The number of primary sulfonamides is 1. The van der Waals surface area contributed by atoms with Gasteiger partial charge in [-0.3, -0.25) is 4.79 Å². The number of amides is 1. The minimum atomic E-state index is -3.81. The van der Waals surface area contributed by atoms with E-state index in [1.807, 2.05) is 0 Å². The molecule has 0 saturated heterocycles. The molecule has 0 bridgehead atoms. The van der Waals surface area contributed by atoms with Crippen molar-refractivity contribution in [3.63, 3.8) is 0 Å². The molecule has 8 heteroatoms. The van der Waals surface area contributed by atoms with Gasteiger partial charge < -0.3 is 15.5 Å². The molecule has 0 spiro atoms. The smallest absolute Gasteiger partial charge is 0.263 e. The van der Waals surface area contributed by atoms with Gasteiger partial charge in [0.05, 0.1) is 4.90 Å². The molecule has 21 heavy (non-hydrogen) atoms. The molecule has 0 fully saturated rings. The summed E-state index contributed by atoms with van der Waals surface area (Å²) in [6.45, 7) is 0. The number of phenols is 2. The molecule has 2 aromatic rings. The van der Waals surface area contributed by atoms with Crippen molar-refractivity contribution in [3.8, 4) is 11.5 Å². The molecule has 5 N–H and O–H groups in total. The monoisotopic (exact) mass is 308 g/mol. The number of hydrogen-bond donors (Lipinski definition) is 4. The quantitative estimate of drug-likeness (QED) is 0.672. The molecule has 1 amide bonds. The number of carbonyl (C=O) groups is 1. The Hall–Kier alpha value is -2.58. The molecule has 110 valence electrons. The summed E-state index contributed by atoms with van der Waals surface area (Å²) >= 11 is 0. The van der Waals surface area contributed by atoms with E-state index in [1.165, 1.54) is 42.5 Å². The first kappa shape index (κ1) is 14.8. The van der Waals surface area contributed by atoms with Crippen LogP contribution in [0.2, 0.25) is 0 Å². The summed E-state index contributed by atoms with van der Waals surface area (Å²) in [5.74, 6) is -1.46. The van der Waals surface area contributed by atoms with E-state index in [0.717, 1.165) is 0 Å². The lowest BCUT2D eigenvalue weighted by atomic mass is 10.1. The van der Waals surface area contributed by atoms with Crippen molar-refractivity contribution in [3.05, 3.63) is 48.0 Å². The molecule has 0 aliphatic heterocycles. The van der Waals surface area contributed by atoms with Gasteiger partial charge in [0.1, 0.15) is 17.1 Å². The fourth-order valence-corrected chi connectivity index (χ4v) is 2.20. The maximum atomic E-state index is 12.0. The number of nitrogens with one attached hydrogen (secondary N) is 1. The zero-order valence-electron chi connectivity index (χ0n) is 10.6. The van der Waals surface area contributed by atoms with E-state index in [1.54, 1.807) is 0 Å². The van der Waals surface area contributed by atoms with Crippen LogP contribution in [0.4, 0.5) is 5.69 Å². The van der Waals surface area contributed by atoms with Gasteiger partial charge in [0.15, 0.2) is 0 Å². The van der Waals surface area contributed by atoms with E-state index < -0.39 is 15.9 Å². The van der Waals surface area contributed by atoms with Crippen LogP contribution in [-0.4, -0.2) is 24.5 Å². The van der Waals surface area contributed by atoms with Gasteiger partial charge in [0, 0.05) is 5.69 Å². The standard InChI is InChI=1S/C13H12N2O5S/c14-21(19,20)9-6-4-8(5-7-9)15-13(18)12-10(16)2-1-3-11(12)17/h1-7,16-17H,(H,15,18)(H2,14,19,20). The summed E-state index contributed by atoms with van der Waals surface area (Å²) in [6, 6.07) is 9.06. The second kappa shape index (κ2) is 5.43. The minimum absolute atomic E-state index is 0.0918. The highest BCUT2D eigenvalue weighted by atomic mass is 32.2. The first-order valence-corrected chi connectivity index (χ1v) is 7.29. The third-order valence-electron chi connectivity index (χ3n) is 2.69. The molecular weight excluding hydrogens is 296 g/mol. The van der Waals surface area contributed by atoms with Gasteiger partial charge in [-0.2, -0.15) is 0 Å². The molecule has 0 heterocycles. The second-order valence-electron chi connectivity index (χ2n) is 4.19. The number of carbonyl (C=O) groups excluding carboxylic acids is 1. The molecule has 7 nitrogen and oxygen atoms in total. The van der Waals surface area contributed by atoms with Gasteiger partial charge in [-0.15, -0.1) is 0 Å². The summed E-state index contributed by atoms with van der Waals surface area (Å²) < 4.78 is 22.2. The molecule has 2 rings (SSSR count). The van der Waals surface area contributed by atoms with Crippen molar-refractivity contribution >= 4 is 21.6 Å². The number of sulfonamides is 1. The van der Waals surface area contributed by atoms with Crippen molar-refractivity contribution in [1.82, 2.24) is 0 Å². The zero-order valence-corrected chi connectivity index (χ0v) is 11.5. The highest BCUT2D eigenvalue weighted by molar-refractivity contribution is 7.89. The Bertz CT molecular complexity index is 764. The summed E-state index contributed by atoms with van der Waals surface area (Å²) in [4.78, 5) is 11.9. The summed E-state index contributed by atoms with van der Waals surface area (Å²) in [6.07, 6.45) is 0. The van der Waals surface area contributed by atoms with E-state index in [2.05, 4.69) is 5.32 Å². The first-order valence-electron chi connectivity index (χ1n) is 5.74. The lowest BCUT2D eigenvalue weighted by molar-refractivity contribution is 0.102. The highest BCUT2D eigenvalue weighted by Crippen LogP contribution is 2.27. The average Bonchev–Trinajstić information content (AvgIpc) is 2.38. The molecule has 0 atom stereocenters. The summed E-state index contributed by atoms with van der Waals surface area (Å²) in [5.41, 5.74) is 0.0167. The molecule has 0 unspecified atom stereocenters. The second-order valence-corrected chi connectivity index (χ2v) is 5.76. The largest absolute Gasteiger partial charge is 0.507 e. The summed E-state index contributed by atoms with van der Waals surface area (Å²) in [7, 11) is -3.81. The number of rotatable bonds is 3. The molecule has 0 aromatic heterocycles. The van der Waals surface area contributed by atoms with Gasteiger partial charge in [-0.25, -0.2) is 13.6 Å². The van der Waals surface area contributed by atoms with E-state index in [-0.39, 0.29) is 27.6 Å². The lowest BCUT2D eigenvalue weighted by Crippen LogP contribution is -2.14. The Morgan fingerprint density at radius 1 is 1.00 bits per heavy atom. The van der Waals surface area contributed by atoms with Crippen molar-refractivity contribution in [2.45, 2.75) is 4.90 Å². The highest BCUT2D eigenvalue weighted by Gasteiger charge is 2.16. The number of aromatic hydroxyl groups is 2. The maximum absolute atomic E-state index is 12.0. The Kier molecular flexibility index (Phi) is 3.83. The van der Waals surface area contributed by atoms with E-state index in [9.17, 15) is 23.4 Å². The lowest BCUT2D eigenvalue weighted by Gasteiger charge is -2.08. The maximum Gasteiger partial charge on any atom is 0.263 e. The van der Waals surface area contributed by atoms with Gasteiger partial charge in [-0.05, 0) is 36.4 Å². The molecule has 2 aromatic carbocycles. The summed E-state index contributed by atoms with van der Waals surface area (Å²) in [5, 5.41) is 26.5. The van der Waals surface area contributed by atoms with Crippen LogP contribution in [0.5, 0.6) is 11.5 Å². The normalized spacial score (nSPS) is 11.1. The molecular formula is C13H12N2O5S. The van der Waals surface area contributed by atoms with Crippen molar-refractivity contribution in [2.24, 2.45) is 5.14 Å². The van der Waals surface area contributed by atoms with Gasteiger partial charge in [0.25, 0.3) is 5.91 Å². The number of nitrogens with two attached hydrogens (primary N) is 1. The molecule has 0 saturated carbocycles. The van der Waals surface area contributed by atoms with E-state index >= 15 is 0 Å². The Balaban J connectivity index is 2.24. The third kappa shape index (κ3) is 3.30. The fraction of sp³-hybridized carbons (Fsp3) is 0. The van der Waals surface area contributed by atoms with Crippen LogP contribution in [0.3, 0.4) is 0 Å². The Morgan fingerprint density at radius 3 is 2.00 bits per heavy atom. The SMILES string of the molecule is NS(=O)(=O)c1ccc(NC(=O)c2c(O)cccc2O)cc1. The van der Waals surface area contributed by atoms with Crippen LogP contribution < -0.4 is 10.5 Å². The van der Waals surface area contributed by atoms with Gasteiger partial charge in [0.2, 0.25) is 10.0 Å². The topological polar surface area (TPSA) is 130 Å². The fourth-order valence-electron chi connectivity index (χ4n) is 1.68. The van der Waals surface area contributed by atoms with Crippen LogP contribution in [0.1, 0.15) is 10.4 Å². The van der Waals surface area contributed by atoms with E-state index in [0.29, 0.717) is 0 Å². The van der Waals surface area contributed by atoms with Crippen molar-refractivity contribution in [1.29, 1.82) is 0 Å². The minimum Gasteiger partial charge on any atom is -0.507 e. The predicted molar refractivity (Wildman–Crippen MR) is 75.5 cm³/mol.